The number of rotatable bonds is 2. The van der Waals surface area contributed by atoms with Gasteiger partial charge in [-0.25, -0.2) is 4.98 Å². The average molecular weight is 346 g/mol. The summed E-state index contributed by atoms with van der Waals surface area (Å²) in [5.74, 6) is 3.16. The lowest BCUT2D eigenvalue weighted by Crippen LogP contribution is -2.42. The number of aromatic nitrogens is 1. The second-order valence-electron chi connectivity index (χ2n) is 5.33. The molecule has 0 spiro atoms. The van der Waals surface area contributed by atoms with Crippen molar-refractivity contribution in [2.24, 2.45) is 5.92 Å². The number of hydrogen-bond acceptors (Lipinski definition) is 4. The Morgan fingerprint density at radius 2 is 2.05 bits per heavy atom. The van der Waals surface area contributed by atoms with Gasteiger partial charge >= 0.3 is 0 Å². The van der Waals surface area contributed by atoms with Crippen molar-refractivity contribution in [1.82, 2.24) is 9.88 Å². The molecule has 0 bridgehead atoms. The number of pyridine rings is 1. The van der Waals surface area contributed by atoms with Crippen molar-refractivity contribution >= 4 is 46.7 Å². The van der Waals surface area contributed by atoms with Gasteiger partial charge in [0.1, 0.15) is 5.82 Å². The lowest BCUT2D eigenvalue weighted by atomic mass is 10.1. The van der Waals surface area contributed by atoms with Crippen LogP contribution < -0.4 is 4.90 Å². The molecule has 3 rings (SSSR count). The molecule has 0 N–H and O–H groups in total. The average Bonchev–Trinajstić information content (AvgIpc) is 2.97. The molecule has 3 heterocycles. The Hall–Kier alpha value is -0.650. The third-order valence-electron chi connectivity index (χ3n) is 3.95. The fourth-order valence-electron chi connectivity index (χ4n) is 2.84. The summed E-state index contributed by atoms with van der Waals surface area (Å²) in [4.78, 5) is 20.9. The highest BCUT2D eigenvalue weighted by atomic mass is 35.5. The zero-order valence-electron chi connectivity index (χ0n) is 11.6. The van der Waals surface area contributed by atoms with Crippen molar-refractivity contribution < 1.29 is 4.79 Å². The van der Waals surface area contributed by atoms with E-state index in [0.717, 1.165) is 43.4 Å². The summed E-state index contributed by atoms with van der Waals surface area (Å²) in [6, 6.07) is 1.70. The van der Waals surface area contributed by atoms with Crippen LogP contribution in [0.1, 0.15) is 6.42 Å². The van der Waals surface area contributed by atoms with E-state index in [1.54, 1.807) is 12.3 Å². The van der Waals surface area contributed by atoms with E-state index >= 15 is 0 Å². The van der Waals surface area contributed by atoms with Crippen molar-refractivity contribution in [2.75, 3.05) is 42.6 Å². The minimum absolute atomic E-state index is 0.0571. The molecular formula is C14H17Cl2N3OS. The van der Waals surface area contributed by atoms with E-state index < -0.39 is 0 Å². The maximum Gasteiger partial charge on any atom is 0.227 e. The van der Waals surface area contributed by atoms with Gasteiger partial charge in [0.05, 0.1) is 16.0 Å². The molecule has 0 saturated carbocycles. The Morgan fingerprint density at radius 3 is 2.76 bits per heavy atom. The number of hydrogen-bond donors (Lipinski definition) is 0. The molecule has 0 aromatic carbocycles. The van der Waals surface area contributed by atoms with Crippen LogP contribution in [0.2, 0.25) is 10.0 Å². The summed E-state index contributed by atoms with van der Waals surface area (Å²) < 4.78 is 0. The fourth-order valence-corrected chi connectivity index (χ4v) is 4.24. The van der Waals surface area contributed by atoms with Crippen molar-refractivity contribution in [3.8, 4) is 0 Å². The molecular weight excluding hydrogens is 329 g/mol. The Labute approximate surface area is 138 Å². The molecule has 1 aromatic heterocycles. The van der Waals surface area contributed by atoms with Crippen LogP contribution in [-0.2, 0) is 4.79 Å². The van der Waals surface area contributed by atoms with Crippen LogP contribution in [0.3, 0.4) is 0 Å². The molecule has 1 amide bonds. The van der Waals surface area contributed by atoms with Crippen molar-refractivity contribution in [2.45, 2.75) is 6.42 Å². The molecule has 21 heavy (non-hydrogen) atoms. The Morgan fingerprint density at radius 1 is 1.29 bits per heavy atom. The van der Waals surface area contributed by atoms with Crippen LogP contribution in [-0.4, -0.2) is 53.5 Å². The fraction of sp³-hybridized carbons (Fsp3) is 0.571. The summed E-state index contributed by atoms with van der Waals surface area (Å²) in [6.45, 7) is 3.25. The first-order valence-corrected chi connectivity index (χ1v) is 8.99. The first kappa shape index (κ1) is 15.3. The molecule has 1 aromatic rings. The monoisotopic (exact) mass is 345 g/mol. The molecule has 1 unspecified atom stereocenters. The molecule has 4 nitrogen and oxygen atoms in total. The van der Waals surface area contributed by atoms with Crippen LogP contribution in [0, 0.1) is 5.92 Å². The highest BCUT2D eigenvalue weighted by Crippen LogP contribution is 2.31. The van der Waals surface area contributed by atoms with E-state index in [-0.39, 0.29) is 11.8 Å². The standard InChI is InChI=1S/C14H17Cl2N3OS/c15-11-7-12(16)13(17-8-11)19-2-1-10(9-19)14(20)18-3-5-21-6-4-18/h7-8,10H,1-6,9H2. The highest BCUT2D eigenvalue weighted by Gasteiger charge is 2.33. The molecule has 2 aliphatic rings. The number of anilines is 1. The predicted molar refractivity (Wildman–Crippen MR) is 88.5 cm³/mol. The number of carbonyl (C=O) groups is 1. The third kappa shape index (κ3) is 3.41. The maximum absolute atomic E-state index is 12.5. The van der Waals surface area contributed by atoms with E-state index in [9.17, 15) is 4.79 Å². The summed E-state index contributed by atoms with van der Waals surface area (Å²) >= 11 is 14.0. The van der Waals surface area contributed by atoms with E-state index in [4.69, 9.17) is 23.2 Å². The minimum atomic E-state index is 0.0571. The van der Waals surface area contributed by atoms with Crippen molar-refractivity contribution in [1.29, 1.82) is 0 Å². The first-order chi connectivity index (χ1) is 10.1. The van der Waals surface area contributed by atoms with Gasteiger partial charge in [-0.2, -0.15) is 11.8 Å². The Balaban J connectivity index is 1.66. The molecule has 2 saturated heterocycles. The predicted octanol–water partition coefficient (Wildman–Crippen LogP) is 2.79. The number of halogens is 2. The summed E-state index contributed by atoms with van der Waals surface area (Å²) in [7, 11) is 0. The van der Waals surface area contributed by atoms with Crippen LogP contribution in [0.4, 0.5) is 5.82 Å². The van der Waals surface area contributed by atoms with Crippen LogP contribution in [0.5, 0.6) is 0 Å². The van der Waals surface area contributed by atoms with Gasteiger partial charge in [0.25, 0.3) is 0 Å². The molecule has 2 fully saturated rings. The van der Waals surface area contributed by atoms with Gasteiger partial charge in [0.15, 0.2) is 0 Å². The van der Waals surface area contributed by atoms with Crippen LogP contribution in [0.25, 0.3) is 0 Å². The highest BCUT2D eigenvalue weighted by molar-refractivity contribution is 7.99. The third-order valence-corrected chi connectivity index (χ3v) is 5.38. The van der Waals surface area contributed by atoms with Gasteiger partial charge in [-0.05, 0) is 12.5 Å². The van der Waals surface area contributed by atoms with Gasteiger partial charge in [-0.15, -0.1) is 0 Å². The molecule has 2 aliphatic heterocycles. The summed E-state index contributed by atoms with van der Waals surface area (Å²) in [6.07, 6.45) is 2.46. The quantitative estimate of drug-likeness (QED) is 0.825. The van der Waals surface area contributed by atoms with Gasteiger partial charge in [0.2, 0.25) is 5.91 Å². The van der Waals surface area contributed by atoms with E-state index in [1.165, 1.54) is 0 Å². The van der Waals surface area contributed by atoms with Gasteiger partial charge < -0.3 is 9.80 Å². The lowest BCUT2D eigenvalue weighted by molar-refractivity contribution is -0.134. The molecule has 1 atom stereocenters. The topological polar surface area (TPSA) is 36.4 Å². The minimum Gasteiger partial charge on any atom is -0.355 e. The lowest BCUT2D eigenvalue weighted by Gasteiger charge is -2.29. The molecule has 0 radical (unpaired) electrons. The second kappa shape index (κ2) is 6.63. The number of carbonyl (C=O) groups excluding carboxylic acids is 1. The van der Waals surface area contributed by atoms with Crippen molar-refractivity contribution in [3.63, 3.8) is 0 Å². The number of nitrogens with zero attached hydrogens (tertiary/aromatic N) is 3. The van der Waals surface area contributed by atoms with Crippen molar-refractivity contribution in [3.05, 3.63) is 22.3 Å². The van der Waals surface area contributed by atoms with Gasteiger partial charge in [-0.3, -0.25) is 4.79 Å². The smallest absolute Gasteiger partial charge is 0.227 e. The summed E-state index contributed by atoms with van der Waals surface area (Å²) in [5.41, 5.74) is 0. The molecule has 7 heteroatoms. The second-order valence-corrected chi connectivity index (χ2v) is 7.40. The molecule has 0 aliphatic carbocycles. The Kier molecular flexibility index (Phi) is 4.82. The van der Waals surface area contributed by atoms with Crippen LogP contribution >= 0.6 is 35.0 Å². The maximum atomic E-state index is 12.5. The van der Waals surface area contributed by atoms with E-state index in [2.05, 4.69) is 9.88 Å². The van der Waals surface area contributed by atoms with E-state index in [0.29, 0.717) is 16.6 Å². The van der Waals surface area contributed by atoms with Gasteiger partial charge in [0, 0.05) is 43.9 Å². The van der Waals surface area contributed by atoms with Gasteiger partial charge in [-0.1, -0.05) is 23.2 Å². The largest absolute Gasteiger partial charge is 0.355 e. The number of thioether (sulfide) groups is 1. The zero-order valence-corrected chi connectivity index (χ0v) is 13.9. The van der Waals surface area contributed by atoms with Crippen LogP contribution in [0.15, 0.2) is 12.3 Å². The SMILES string of the molecule is O=C(C1CCN(c2ncc(Cl)cc2Cl)C1)N1CCSCC1. The first-order valence-electron chi connectivity index (χ1n) is 7.07. The Bertz CT molecular complexity index is 537. The normalized spacial score (nSPS) is 22.7. The zero-order chi connectivity index (χ0) is 14.8. The molecule has 114 valence electrons. The summed E-state index contributed by atoms with van der Waals surface area (Å²) in [5, 5.41) is 1.08. The number of amides is 1. The van der Waals surface area contributed by atoms with E-state index in [1.807, 2.05) is 16.7 Å².